The molecule has 2 rings (SSSR count). The summed E-state index contributed by atoms with van der Waals surface area (Å²) in [5.74, 6) is -0.979. The summed E-state index contributed by atoms with van der Waals surface area (Å²) < 4.78 is 13.5. The minimum absolute atomic E-state index is 0.137. The van der Waals surface area contributed by atoms with E-state index in [0.717, 1.165) is 25.2 Å². The van der Waals surface area contributed by atoms with E-state index in [4.69, 9.17) is 0 Å². The van der Waals surface area contributed by atoms with Crippen LogP contribution in [0.25, 0.3) is 0 Å². The number of para-hydroxylation sites is 1. The van der Waals surface area contributed by atoms with Crippen molar-refractivity contribution in [2.75, 3.05) is 18.0 Å². The Bertz CT molecular complexity index is 478. The maximum absolute atomic E-state index is 13.5. The van der Waals surface area contributed by atoms with Crippen LogP contribution in [0.1, 0.15) is 12.8 Å². The van der Waals surface area contributed by atoms with E-state index >= 15 is 0 Å². The van der Waals surface area contributed by atoms with Crippen molar-refractivity contribution < 1.29 is 14.1 Å². The average Bonchev–Trinajstić information content (AvgIpc) is 2.38. The smallest absolute Gasteiger partial charge is 0.327 e. The number of benzene rings is 1. The van der Waals surface area contributed by atoms with E-state index in [0.29, 0.717) is 13.1 Å². The van der Waals surface area contributed by atoms with Crippen molar-refractivity contribution >= 4 is 17.7 Å². The molecule has 0 saturated carbocycles. The second kappa shape index (κ2) is 5.12. The average molecular weight is 252 g/mol. The molecule has 1 aliphatic heterocycles. The second-order valence-electron chi connectivity index (χ2n) is 4.35. The van der Waals surface area contributed by atoms with Gasteiger partial charge in [0.25, 0.3) is 0 Å². The van der Waals surface area contributed by atoms with E-state index < -0.39 is 16.4 Å². The molecule has 6 heteroatoms. The van der Waals surface area contributed by atoms with E-state index in [-0.39, 0.29) is 11.6 Å². The Morgan fingerprint density at radius 1 is 1.50 bits per heavy atom. The number of hydrogen-bond donors (Lipinski definition) is 0. The summed E-state index contributed by atoms with van der Waals surface area (Å²) in [6, 6.07) is 4.04. The second-order valence-corrected chi connectivity index (χ2v) is 4.35. The van der Waals surface area contributed by atoms with Crippen LogP contribution in [-0.2, 0) is 4.79 Å². The fourth-order valence-electron chi connectivity index (χ4n) is 2.28. The van der Waals surface area contributed by atoms with Crippen molar-refractivity contribution in [2.24, 2.45) is 5.92 Å². The van der Waals surface area contributed by atoms with Crippen molar-refractivity contribution in [1.29, 1.82) is 0 Å². The zero-order valence-corrected chi connectivity index (χ0v) is 9.71. The molecular formula is C12H13FN2O3. The quantitative estimate of drug-likeness (QED) is 0.469. The number of hydrogen-bond acceptors (Lipinski definition) is 4. The maximum Gasteiger partial charge on any atom is 0.327 e. The third kappa shape index (κ3) is 2.32. The molecule has 1 aliphatic rings. The summed E-state index contributed by atoms with van der Waals surface area (Å²) in [4.78, 5) is 22.7. The molecular weight excluding hydrogens is 239 g/mol. The summed E-state index contributed by atoms with van der Waals surface area (Å²) in [5, 5.41) is 10.9. The summed E-state index contributed by atoms with van der Waals surface area (Å²) in [6.07, 6.45) is 2.41. The van der Waals surface area contributed by atoms with Crippen LogP contribution in [0.5, 0.6) is 0 Å². The standard InChI is InChI=1S/C12H13FN2O3/c13-10-4-1-5-11(12(10)15(17)18)14-6-2-3-9(7-14)8-16/h1,4-5,8-9H,2-3,6-7H2. The Balaban J connectivity index is 2.35. The summed E-state index contributed by atoms with van der Waals surface area (Å²) in [6.45, 7) is 1.02. The molecule has 1 saturated heterocycles. The summed E-state index contributed by atoms with van der Waals surface area (Å²) in [7, 11) is 0. The third-order valence-electron chi connectivity index (χ3n) is 3.14. The minimum Gasteiger partial charge on any atom is -0.365 e. The molecule has 0 amide bonds. The number of nitrogens with zero attached hydrogens (tertiary/aromatic N) is 2. The van der Waals surface area contributed by atoms with Gasteiger partial charge in [-0.15, -0.1) is 0 Å². The molecule has 1 aromatic rings. The van der Waals surface area contributed by atoms with Crippen LogP contribution < -0.4 is 4.90 Å². The normalized spacial score (nSPS) is 19.6. The molecule has 1 atom stereocenters. The molecule has 0 aromatic heterocycles. The fourth-order valence-corrected chi connectivity index (χ4v) is 2.28. The molecule has 1 aromatic carbocycles. The lowest BCUT2D eigenvalue weighted by Gasteiger charge is -2.31. The first-order chi connectivity index (χ1) is 8.63. The number of aldehydes is 1. The lowest BCUT2D eigenvalue weighted by Crippen LogP contribution is -2.36. The van der Waals surface area contributed by atoms with Gasteiger partial charge in [-0.05, 0) is 25.0 Å². The molecule has 1 fully saturated rings. The van der Waals surface area contributed by atoms with Crippen LogP contribution in [-0.4, -0.2) is 24.3 Å². The summed E-state index contributed by atoms with van der Waals surface area (Å²) >= 11 is 0. The summed E-state index contributed by atoms with van der Waals surface area (Å²) in [5.41, 5.74) is -0.254. The minimum atomic E-state index is -0.842. The number of piperidine rings is 1. The zero-order chi connectivity index (χ0) is 13.1. The van der Waals surface area contributed by atoms with Crippen LogP contribution in [0, 0.1) is 21.8 Å². The zero-order valence-electron chi connectivity index (χ0n) is 9.71. The van der Waals surface area contributed by atoms with Gasteiger partial charge in [-0.1, -0.05) is 6.07 Å². The van der Waals surface area contributed by atoms with Crippen LogP contribution in [0.2, 0.25) is 0 Å². The topological polar surface area (TPSA) is 63.5 Å². The Kier molecular flexibility index (Phi) is 3.55. The number of nitro benzene ring substituents is 1. The highest BCUT2D eigenvalue weighted by Crippen LogP contribution is 2.33. The first kappa shape index (κ1) is 12.5. The van der Waals surface area contributed by atoms with E-state index in [1.807, 2.05) is 0 Å². The highest BCUT2D eigenvalue weighted by Gasteiger charge is 2.27. The molecule has 0 aliphatic carbocycles. The van der Waals surface area contributed by atoms with Crippen LogP contribution in [0.4, 0.5) is 15.8 Å². The van der Waals surface area contributed by atoms with E-state index in [2.05, 4.69) is 0 Å². The van der Waals surface area contributed by atoms with Crippen LogP contribution in [0.15, 0.2) is 18.2 Å². The van der Waals surface area contributed by atoms with Gasteiger partial charge in [0.2, 0.25) is 5.82 Å². The van der Waals surface area contributed by atoms with E-state index in [1.54, 1.807) is 4.90 Å². The number of carbonyl (C=O) groups excluding carboxylic acids is 1. The number of rotatable bonds is 3. The molecule has 0 spiro atoms. The molecule has 0 bridgehead atoms. The first-order valence-corrected chi connectivity index (χ1v) is 5.76. The molecule has 0 N–H and O–H groups in total. The maximum atomic E-state index is 13.5. The Morgan fingerprint density at radius 2 is 2.28 bits per heavy atom. The third-order valence-corrected chi connectivity index (χ3v) is 3.14. The van der Waals surface area contributed by atoms with Gasteiger partial charge in [-0.2, -0.15) is 4.39 Å². The highest BCUT2D eigenvalue weighted by molar-refractivity contribution is 5.65. The predicted molar refractivity (Wildman–Crippen MR) is 64.1 cm³/mol. The van der Waals surface area contributed by atoms with Gasteiger partial charge < -0.3 is 9.69 Å². The van der Waals surface area contributed by atoms with E-state index in [1.165, 1.54) is 12.1 Å². The molecule has 96 valence electrons. The van der Waals surface area contributed by atoms with Crippen LogP contribution in [0.3, 0.4) is 0 Å². The van der Waals surface area contributed by atoms with Crippen molar-refractivity contribution in [3.8, 4) is 0 Å². The Morgan fingerprint density at radius 3 is 2.94 bits per heavy atom. The van der Waals surface area contributed by atoms with Crippen molar-refractivity contribution in [2.45, 2.75) is 12.8 Å². The lowest BCUT2D eigenvalue weighted by atomic mass is 9.99. The molecule has 5 nitrogen and oxygen atoms in total. The number of carbonyl (C=O) groups is 1. The molecule has 1 heterocycles. The van der Waals surface area contributed by atoms with Gasteiger partial charge in [0.1, 0.15) is 12.0 Å². The van der Waals surface area contributed by atoms with Gasteiger partial charge in [0, 0.05) is 19.0 Å². The largest absolute Gasteiger partial charge is 0.365 e. The Labute approximate surface area is 103 Å². The molecule has 0 radical (unpaired) electrons. The highest BCUT2D eigenvalue weighted by atomic mass is 19.1. The van der Waals surface area contributed by atoms with Gasteiger partial charge >= 0.3 is 5.69 Å². The van der Waals surface area contributed by atoms with Crippen molar-refractivity contribution in [3.63, 3.8) is 0 Å². The number of anilines is 1. The fraction of sp³-hybridized carbons (Fsp3) is 0.417. The molecule has 1 unspecified atom stereocenters. The molecule has 18 heavy (non-hydrogen) atoms. The van der Waals surface area contributed by atoms with Gasteiger partial charge in [0.15, 0.2) is 0 Å². The number of halogens is 1. The van der Waals surface area contributed by atoms with Gasteiger partial charge in [-0.3, -0.25) is 10.1 Å². The SMILES string of the molecule is O=CC1CCCN(c2cccc(F)c2[N+](=O)[O-])C1. The predicted octanol–water partition coefficient (Wildman–Crippen LogP) is 2.15. The van der Waals surface area contributed by atoms with Crippen LogP contribution >= 0.6 is 0 Å². The van der Waals surface area contributed by atoms with Gasteiger partial charge in [0.05, 0.1) is 4.92 Å². The number of nitro groups is 1. The van der Waals surface area contributed by atoms with Crippen molar-refractivity contribution in [3.05, 3.63) is 34.1 Å². The van der Waals surface area contributed by atoms with E-state index in [9.17, 15) is 19.3 Å². The van der Waals surface area contributed by atoms with Gasteiger partial charge in [-0.25, -0.2) is 0 Å². The van der Waals surface area contributed by atoms with Crippen molar-refractivity contribution in [1.82, 2.24) is 0 Å². The lowest BCUT2D eigenvalue weighted by molar-refractivity contribution is -0.386. The first-order valence-electron chi connectivity index (χ1n) is 5.76. The Hall–Kier alpha value is -1.98. The monoisotopic (exact) mass is 252 g/mol.